The summed E-state index contributed by atoms with van der Waals surface area (Å²) in [7, 11) is 0. The number of benzene rings is 1. The third kappa shape index (κ3) is 2.19. The standard InChI is InChI=1S/C15H21NO/c1-11-3-2-4-13-12(6-10-17-14(11)13)5-7-15(16)8-9-15/h2-4,12H,5-10,16H2,1H3. The van der Waals surface area contributed by atoms with E-state index in [0.717, 1.165) is 18.8 Å². The van der Waals surface area contributed by atoms with Gasteiger partial charge in [-0.3, -0.25) is 0 Å². The maximum Gasteiger partial charge on any atom is 0.125 e. The van der Waals surface area contributed by atoms with E-state index >= 15 is 0 Å². The van der Waals surface area contributed by atoms with Gasteiger partial charge < -0.3 is 10.5 Å². The predicted octanol–water partition coefficient (Wildman–Crippen LogP) is 3.13. The Hall–Kier alpha value is -1.02. The smallest absolute Gasteiger partial charge is 0.125 e. The number of para-hydroxylation sites is 1. The van der Waals surface area contributed by atoms with Crippen LogP contribution in [-0.4, -0.2) is 12.1 Å². The van der Waals surface area contributed by atoms with Gasteiger partial charge in [0.05, 0.1) is 6.61 Å². The summed E-state index contributed by atoms with van der Waals surface area (Å²) in [6.07, 6.45) is 5.97. The molecule has 0 aromatic heterocycles. The van der Waals surface area contributed by atoms with Gasteiger partial charge in [-0.05, 0) is 56.1 Å². The molecule has 0 spiro atoms. The molecule has 1 unspecified atom stereocenters. The molecule has 0 saturated heterocycles. The monoisotopic (exact) mass is 231 g/mol. The van der Waals surface area contributed by atoms with Crippen molar-refractivity contribution in [2.75, 3.05) is 6.61 Å². The van der Waals surface area contributed by atoms with Crippen LogP contribution < -0.4 is 10.5 Å². The molecule has 2 nitrogen and oxygen atoms in total. The topological polar surface area (TPSA) is 35.2 Å². The molecule has 17 heavy (non-hydrogen) atoms. The number of hydrogen-bond acceptors (Lipinski definition) is 2. The average molecular weight is 231 g/mol. The molecule has 1 saturated carbocycles. The van der Waals surface area contributed by atoms with Crippen molar-refractivity contribution in [2.24, 2.45) is 5.73 Å². The SMILES string of the molecule is Cc1cccc2c1OCCC2CCC1(N)CC1. The predicted molar refractivity (Wildman–Crippen MR) is 69.4 cm³/mol. The zero-order valence-corrected chi connectivity index (χ0v) is 10.5. The number of rotatable bonds is 3. The molecule has 1 aliphatic carbocycles. The van der Waals surface area contributed by atoms with Gasteiger partial charge >= 0.3 is 0 Å². The molecule has 1 aromatic rings. The van der Waals surface area contributed by atoms with Crippen molar-refractivity contribution in [1.29, 1.82) is 0 Å². The van der Waals surface area contributed by atoms with Crippen LogP contribution in [0.4, 0.5) is 0 Å². The van der Waals surface area contributed by atoms with E-state index in [9.17, 15) is 0 Å². The highest BCUT2D eigenvalue weighted by Crippen LogP contribution is 2.43. The molecular formula is C15H21NO. The lowest BCUT2D eigenvalue weighted by Crippen LogP contribution is -2.23. The lowest BCUT2D eigenvalue weighted by molar-refractivity contribution is 0.258. The molecule has 1 atom stereocenters. The second-order valence-corrected chi connectivity index (χ2v) is 5.73. The number of ether oxygens (including phenoxy) is 1. The van der Waals surface area contributed by atoms with E-state index in [4.69, 9.17) is 10.5 Å². The Bertz CT molecular complexity index is 423. The Balaban J connectivity index is 1.77. The zero-order valence-electron chi connectivity index (χ0n) is 10.5. The number of fused-ring (bicyclic) bond motifs is 1. The molecule has 0 amide bonds. The van der Waals surface area contributed by atoms with Crippen molar-refractivity contribution in [3.8, 4) is 5.75 Å². The van der Waals surface area contributed by atoms with Crippen LogP contribution in [0.3, 0.4) is 0 Å². The van der Waals surface area contributed by atoms with Crippen molar-refractivity contribution in [1.82, 2.24) is 0 Å². The zero-order chi connectivity index (χ0) is 11.9. The number of nitrogens with two attached hydrogens (primary N) is 1. The Kier molecular flexibility index (Phi) is 2.62. The summed E-state index contributed by atoms with van der Waals surface area (Å²) < 4.78 is 5.80. The normalized spacial score (nSPS) is 24.9. The van der Waals surface area contributed by atoms with E-state index in [-0.39, 0.29) is 5.54 Å². The van der Waals surface area contributed by atoms with Gasteiger partial charge in [0, 0.05) is 5.54 Å². The van der Waals surface area contributed by atoms with Crippen molar-refractivity contribution in [2.45, 2.75) is 50.5 Å². The molecule has 2 N–H and O–H groups in total. The fourth-order valence-corrected chi connectivity index (χ4v) is 2.82. The van der Waals surface area contributed by atoms with E-state index in [2.05, 4.69) is 25.1 Å². The Morgan fingerprint density at radius 3 is 3.00 bits per heavy atom. The minimum absolute atomic E-state index is 0.183. The second kappa shape index (κ2) is 4.02. The van der Waals surface area contributed by atoms with Crippen molar-refractivity contribution < 1.29 is 4.74 Å². The molecule has 92 valence electrons. The maximum atomic E-state index is 6.18. The third-order valence-electron chi connectivity index (χ3n) is 4.28. The van der Waals surface area contributed by atoms with Gasteiger partial charge in [-0.25, -0.2) is 0 Å². The fourth-order valence-electron chi connectivity index (χ4n) is 2.82. The van der Waals surface area contributed by atoms with E-state index in [0.29, 0.717) is 5.92 Å². The first-order chi connectivity index (χ1) is 8.18. The van der Waals surface area contributed by atoms with Gasteiger partial charge in [0.15, 0.2) is 0 Å². The van der Waals surface area contributed by atoms with Crippen LogP contribution in [-0.2, 0) is 0 Å². The summed E-state index contributed by atoms with van der Waals surface area (Å²) in [5.41, 5.74) is 9.03. The summed E-state index contributed by atoms with van der Waals surface area (Å²) >= 11 is 0. The van der Waals surface area contributed by atoms with Gasteiger partial charge in [-0.1, -0.05) is 18.2 Å². The summed E-state index contributed by atoms with van der Waals surface area (Å²) in [4.78, 5) is 0. The highest BCUT2D eigenvalue weighted by Gasteiger charge is 2.38. The molecule has 2 aliphatic rings. The minimum atomic E-state index is 0.183. The molecular weight excluding hydrogens is 210 g/mol. The fraction of sp³-hybridized carbons (Fsp3) is 0.600. The van der Waals surface area contributed by atoms with Crippen molar-refractivity contribution in [3.63, 3.8) is 0 Å². The highest BCUT2D eigenvalue weighted by atomic mass is 16.5. The van der Waals surface area contributed by atoms with E-state index in [1.165, 1.54) is 36.8 Å². The molecule has 1 fully saturated rings. The minimum Gasteiger partial charge on any atom is -0.493 e. The van der Waals surface area contributed by atoms with Gasteiger partial charge in [-0.2, -0.15) is 0 Å². The van der Waals surface area contributed by atoms with E-state index in [1.807, 2.05) is 0 Å². The van der Waals surface area contributed by atoms with Crippen LogP contribution in [0.2, 0.25) is 0 Å². The maximum absolute atomic E-state index is 6.18. The first-order valence-electron chi connectivity index (χ1n) is 6.69. The quantitative estimate of drug-likeness (QED) is 0.867. The lowest BCUT2D eigenvalue weighted by Gasteiger charge is -2.28. The van der Waals surface area contributed by atoms with Crippen LogP contribution in [0.15, 0.2) is 18.2 Å². The van der Waals surface area contributed by atoms with Crippen LogP contribution in [0.1, 0.15) is 49.1 Å². The van der Waals surface area contributed by atoms with Gasteiger partial charge in [0.1, 0.15) is 5.75 Å². The van der Waals surface area contributed by atoms with Crippen molar-refractivity contribution in [3.05, 3.63) is 29.3 Å². The molecule has 1 aliphatic heterocycles. The first kappa shape index (κ1) is 11.1. The van der Waals surface area contributed by atoms with E-state index < -0.39 is 0 Å². The summed E-state index contributed by atoms with van der Waals surface area (Å²) in [6.45, 7) is 2.99. The molecule has 3 rings (SSSR count). The Morgan fingerprint density at radius 2 is 2.24 bits per heavy atom. The molecule has 1 heterocycles. The van der Waals surface area contributed by atoms with Crippen LogP contribution >= 0.6 is 0 Å². The molecule has 0 radical (unpaired) electrons. The lowest BCUT2D eigenvalue weighted by atomic mass is 9.86. The molecule has 1 aromatic carbocycles. The second-order valence-electron chi connectivity index (χ2n) is 5.73. The van der Waals surface area contributed by atoms with Gasteiger partial charge in [0.25, 0.3) is 0 Å². The largest absolute Gasteiger partial charge is 0.493 e. The van der Waals surface area contributed by atoms with Crippen LogP contribution in [0.5, 0.6) is 5.75 Å². The van der Waals surface area contributed by atoms with Gasteiger partial charge in [0.2, 0.25) is 0 Å². The summed E-state index contributed by atoms with van der Waals surface area (Å²) in [5, 5.41) is 0. The van der Waals surface area contributed by atoms with Crippen LogP contribution in [0.25, 0.3) is 0 Å². The first-order valence-corrected chi connectivity index (χ1v) is 6.69. The Morgan fingerprint density at radius 1 is 1.41 bits per heavy atom. The third-order valence-corrected chi connectivity index (χ3v) is 4.28. The van der Waals surface area contributed by atoms with Crippen molar-refractivity contribution >= 4 is 0 Å². The number of hydrogen-bond donors (Lipinski definition) is 1. The Labute approximate surface area is 103 Å². The van der Waals surface area contributed by atoms with Crippen LogP contribution in [0, 0.1) is 6.92 Å². The number of aryl methyl sites for hydroxylation is 1. The summed E-state index contributed by atoms with van der Waals surface area (Å²) in [6, 6.07) is 6.50. The highest BCUT2D eigenvalue weighted by molar-refractivity contribution is 5.44. The summed E-state index contributed by atoms with van der Waals surface area (Å²) in [5.74, 6) is 1.78. The van der Waals surface area contributed by atoms with E-state index in [1.54, 1.807) is 0 Å². The average Bonchev–Trinajstić information content (AvgIpc) is 3.06. The van der Waals surface area contributed by atoms with Gasteiger partial charge in [-0.15, -0.1) is 0 Å². The molecule has 2 heteroatoms. The molecule has 0 bridgehead atoms.